The van der Waals surface area contributed by atoms with Gasteiger partial charge < -0.3 is 4.74 Å². The summed E-state index contributed by atoms with van der Waals surface area (Å²) in [6, 6.07) is 7.78. The van der Waals surface area contributed by atoms with E-state index in [1.807, 2.05) is 24.3 Å². The van der Waals surface area contributed by atoms with E-state index >= 15 is 0 Å². The van der Waals surface area contributed by atoms with Gasteiger partial charge in [-0.3, -0.25) is 4.79 Å². The molecule has 0 aliphatic carbocycles. The zero-order chi connectivity index (χ0) is 9.26. The summed E-state index contributed by atoms with van der Waals surface area (Å²) >= 11 is 3.43. The first-order valence-corrected chi connectivity index (χ1v) is 4.99. The van der Waals surface area contributed by atoms with E-state index in [4.69, 9.17) is 4.74 Å². The lowest BCUT2D eigenvalue weighted by Gasteiger charge is -2.07. The molecule has 1 atom stereocenters. The van der Waals surface area contributed by atoms with Crippen molar-refractivity contribution < 1.29 is 9.53 Å². The molecular formula is C10H9BrO2. The third kappa shape index (κ3) is 1.61. The molecule has 1 heterocycles. The molecule has 2 rings (SSSR count). The van der Waals surface area contributed by atoms with E-state index in [-0.39, 0.29) is 11.9 Å². The summed E-state index contributed by atoms with van der Waals surface area (Å²) in [4.78, 5) is 11.3. The number of esters is 1. The van der Waals surface area contributed by atoms with Gasteiger partial charge in [-0.25, -0.2) is 0 Å². The summed E-state index contributed by atoms with van der Waals surface area (Å²) in [6.45, 7) is 0.546. The van der Waals surface area contributed by atoms with Crippen LogP contribution >= 0.6 is 15.9 Å². The topological polar surface area (TPSA) is 26.3 Å². The minimum atomic E-state index is -0.105. The van der Waals surface area contributed by atoms with Crippen molar-refractivity contribution in [3.05, 3.63) is 34.3 Å². The van der Waals surface area contributed by atoms with Gasteiger partial charge in [0.25, 0.3) is 0 Å². The molecule has 0 amide bonds. The third-order valence-electron chi connectivity index (χ3n) is 2.22. The van der Waals surface area contributed by atoms with Gasteiger partial charge in [0, 0.05) is 4.47 Å². The molecular weight excluding hydrogens is 232 g/mol. The van der Waals surface area contributed by atoms with E-state index in [2.05, 4.69) is 15.9 Å². The maximum atomic E-state index is 11.3. The molecule has 2 nitrogen and oxygen atoms in total. The quantitative estimate of drug-likeness (QED) is 0.706. The normalized spacial score (nSPS) is 21.6. The Hall–Kier alpha value is -0.830. The number of carbonyl (C=O) groups excluding carboxylic acids is 1. The van der Waals surface area contributed by atoms with Crippen molar-refractivity contribution in [2.75, 3.05) is 6.61 Å². The van der Waals surface area contributed by atoms with Crippen molar-refractivity contribution in [1.82, 2.24) is 0 Å². The molecule has 0 bridgehead atoms. The maximum Gasteiger partial charge on any atom is 0.313 e. The van der Waals surface area contributed by atoms with Crippen LogP contribution in [0.1, 0.15) is 17.9 Å². The van der Waals surface area contributed by atoms with E-state index in [0.717, 1.165) is 16.5 Å². The number of rotatable bonds is 1. The van der Waals surface area contributed by atoms with Gasteiger partial charge in [0.15, 0.2) is 0 Å². The van der Waals surface area contributed by atoms with Crippen LogP contribution < -0.4 is 0 Å². The Kier molecular flexibility index (Phi) is 2.36. The summed E-state index contributed by atoms with van der Waals surface area (Å²) < 4.78 is 5.90. The highest BCUT2D eigenvalue weighted by Gasteiger charge is 2.29. The predicted octanol–water partition coefficient (Wildman–Crippen LogP) is 2.48. The lowest BCUT2D eigenvalue weighted by molar-refractivity contribution is -0.139. The molecule has 0 spiro atoms. The van der Waals surface area contributed by atoms with Gasteiger partial charge in [-0.05, 0) is 18.1 Å². The monoisotopic (exact) mass is 240 g/mol. The predicted molar refractivity (Wildman–Crippen MR) is 52.5 cm³/mol. The smallest absolute Gasteiger partial charge is 0.313 e. The van der Waals surface area contributed by atoms with E-state index in [0.29, 0.717) is 6.61 Å². The lowest BCUT2D eigenvalue weighted by atomic mass is 9.98. The Labute approximate surface area is 85.0 Å². The number of hydrogen-bond acceptors (Lipinski definition) is 2. The largest absolute Gasteiger partial charge is 0.465 e. The first kappa shape index (κ1) is 8.75. The average molecular weight is 241 g/mol. The molecule has 3 heteroatoms. The number of ether oxygens (including phenoxy) is 1. The van der Waals surface area contributed by atoms with E-state index in [1.54, 1.807) is 0 Å². The van der Waals surface area contributed by atoms with Gasteiger partial charge in [0.05, 0.1) is 12.5 Å². The first-order chi connectivity index (χ1) is 6.29. The summed E-state index contributed by atoms with van der Waals surface area (Å²) in [5, 5.41) is 0. The standard InChI is InChI=1S/C10H9BrO2/c11-9-4-2-1-3-7(9)8-5-6-13-10(8)12/h1-4,8H,5-6H2. The number of cyclic esters (lactones) is 1. The SMILES string of the molecule is O=C1OCCC1c1ccccc1Br. The number of carbonyl (C=O) groups is 1. The van der Waals surface area contributed by atoms with Crippen molar-refractivity contribution in [3.63, 3.8) is 0 Å². The highest BCUT2D eigenvalue weighted by atomic mass is 79.9. The van der Waals surface area contributed by atoms with Gasteiger partial charge in [-0.2, -0.15) is 0 Å². The fourth-order valence-corrected chi connectivity index (χ4v) is 2.10. The molecule has 1 aliphatic heterocycles. The Morgan fingerprint density at radius 1 is 1.38 bits per heavy atom. The first-order valence-electron chi connectivity index (χ1n) is 4.20. The second kappa shape index (κ2) is 3.50. The molecule has 0 N–H and O–H groups in total. The van der Waals surface area contributed by atoms with Crippen LogP contribution in [0.4, 0.5) is 0 Å². The number of halogens is 1. The summed E-state index contributed by atoms with van der Waals surface area (Å²) in [7, 11) is 0. The molecule has 1 aliphatic rings. The fourth-order valence-electron chi connectivity index (χ4n) is 1.54. The Balaban J connectivity index is 2.34. The van der Waals surface area contributed by atoms with Crippen LogP contribution in [0.2, 0.25) is 0 Å². The molecule has 1 unspecified atom stereocenters. The Bertz CT molecular complexity index is 335. The third-order valence-corrected chi connectivity index (χ3v) is 2.94. The van der Waals surface area contributed by atoms with E-state index in [1.165, 1.54) is 0 Å². The van der Waals surface area contributed by atoms with Crippen molar-refractivity contribution in [3.8, 4) is 0 Å². The minimum Gasteiger partial charge on any atom is -0.465 e. The van der Waals surface area contributed by atoms with Crippen LogP contribution in [-0.4, -0.2) is 12.6 Å². The molecule has 1 saturated heterocycles. The maximum absolute atomic E-state index is 11.3. The lowest BCUT2D eigenvalue weighted by Crippen LogP contribution is -2.05. The Morgan fingerprint density at radius 3 is 2.77 bits per heavy atom. The van der Waals surface area contributed by atoms with Crippen LogP contribution in [0.15, 0.2) is 28.7 Å². The van der Waals surface area contributed by atoms with Crippen LogP contribution in [0, 0.1) is 0 Å². The van der Waals surface area contributed by atoms with Crippen LogP contribution in [0.25, 0.3) is 0 Å². The average Bonchev–Trinajstić information content (AvgIpc) is 2.52. The van der Waals surface area contributed by atoms with Crippen LogP contribution in [0.3, 0.4) is 0 Å². The molecule has 1 aromatic carbocycles. The van der Waals surface area contributed by atoms with Crippen LogP contribution in [0.5, 0.6) is 0 Å². The summed E-state index contributed by atoms with van der Waals surface area (Å²) in [5.41, 5.74) is 1.03. The second-order valence-electron chi connectivity index (χ2n) is 3.03. The van der Waals surface area contributed by atoms with Gasteiger partial charge in [-0.15, -0.1) is 0 Å². The fraction of sp³-hybridized carbons (Fsp3) is 0.300. The van der Waals surface area contributed by atoms with E-state index in [9.17, 15) is 4.79 Å². The molecule has 13 heavy (non-hydrogen) atoms. The molecule has 0 saturated carbocycles. The minimum absolute atomic E-state index is 0.0735. The van der Waals surface area contributed by atoms with E-state index < -0.39 is 0 Å². The van der Waals surface area contributed by atoms with Crippen molar-refractivity contribution >= 4 is 21.9 Å². The van der Waals surface area contributed by atoms with Gasteiger partial charge >= 0.3 is 5.97 Å². The zero-order valence-corrected chi connectivity index (χ0v) is 8.58. The Morgan fingerprint density at radius 2 is 2.15 bits per heavy atom. The molecule has 0 radical (unpaired) electrons. The van der Waals surface area contributed by atoms with Crippen molar-refractivity contribution in [1.29, 1.82) is 0 Å². The zero-order valence-electron chi connectivity index (χ0n) is 7.00. The number of benzene rings is 1. The summed E-state index contributed by atoms with van der Waals surface area (Å²) in [6.07, 6.45) is 0.793. The highest BCUT2D eigenvalue weighted by molar-refractivity contribution is 9.10. The van der Waals surface area contributed by atoms with Gasteiger partial charge in [0.2, 0.25) is 0 Å². The molecule has 1 fully saturated rings. The second-order valence-corrected chi connectivity index (χ2v) is 3.88. The molecule has 0 aromatic heterocycles. The summed E-state index contributed by atoms with van der Waals surface area (Å²) in [5.74, 6) is -0.178. The molecule has 1 aromatic rings. The molecule has 68 valence electrons. The number of hydrogen-bond donors (Lipinski definition) is 0. The van der Waals surface area contributed by atoms with Crippen molar-refractivity contribution in [2.24, 2.45) is 0 Å². The van der Waals surface area contributed by atoms with Gasteiger partial charge in [0.1, 0.15) is 0 Å². The van der Waals surface area contributed by atoms with Gasteiger partial charge in [-0.1, -0.05) is 34.1 Å². The van der Waals surface area contributed by atoms with Crippen molar-refractivity contribution in [2.45, 2.75) is 12.3 Å². The highest BCUT2D eigenvalue weighted by Crippen LogP contribution is 2.31. The van der Waals surface area contributed by atoms with Crippen LogP contribution in [-0.2, 0) is 9.53 Å².